The van der Waals surface area contributed by atoms with Gasteiger partial charge in [0.05, 0.1) is 17.5 Å². The third-order valence-corrected chi connectivity index (χ3v) is 7.31. The van der Waals surface area contributed by atoms with E-state index in [9.17, 15) is 14.4 Å². The molecule has 2 saturated carbocycles. The van der Waals surface area contributed by atoms with E-state index in [1.165, 1.54) is 4.90 Å². The number of rotatable bonds is 3. The highest BCUT2D eigenvalue weighted by Gasteiger charge is 2.67. The number of amides is 3. The summed E-state index contributed by atoms with van der Waals surface area (Å²) in [6.07, 6.45) is 5.48. The van der Waals surface area contributed by atoms with Gasteiger partial charge in [-0.25, -0.2) is 4.90 Å². The number of imide groups is 1. The molecule has 0 radical (unpaired) electrons. The minimum Gasteiger partial charge on any atom is -0.322 e. The number of hydrogen-bond donors (Lipinski definition) is 1. The Balaban J connectivity index is 1.29. The highest BCUT2D eigenvalue weighted by atomic mass is 16.2. The lowest BCUT2D eigenvalue weighted by Gasteiger charge is -2.37. The van der Waals surface area contributed by atoms with Crippen LogP contribution in [0.2, 0.25) is 0 Å². The van der Waals surface area contributed by atoms with E-state index < -0.39 is 0 Å². The zero-order valence-electron chi connectivity index (χ0n) is 16.6. The predicted octanol–water partition coefficient (Wildman–Crippen LogP) is 3.80. The summed E-state index contributed by atoms with van der Waals surface area (Å²) in [4.78, 5) is 40.7. The number of nitrogens with zero attached hydrogens (tertiary/aromatic N) is 1. The Morgan fingerprint density at radius 1 is 0.933 bits per heavy atom. The topological polar surface area (TPSA) is 66.5 Å². The molecule has 6 atom stereocenters. The van der Waals surface area contributed by atoms with Gasteiger partial charge in [0.25, 0.3) is 5.91 Å². The average Bonchev–Trinajstić information content (AvgIpc) is 3.52. The summed E-state index contributed by atoms with van der Waals surface area (Å²) in [7, 11) is 0. The average molecular weight is 398 g/mol. The Labute approximate surface area is 174 Å². The third-order valence-electron chi connectivity index (χ3n) is 7.31. The molecule has 30 heavy (non-hydrogen) atoms. The van der Waals surface area contributed by atoms with Crippen molar-refractivity contribution in [2.75, 3.05) is 10.2 Å². The summed E-state index contributed by atoms with van der Waals surface area (Å²) in [5.74, 6) is 0.591. The van der Waals surface area contributed by atoms with Crippen LogP contribution >= 0.6 is 0 Å². The summed E-state index contributed by atoms with van der Waals surface area (Å²) < 4.78 is 0. The van der Waals surface area contributed by atoms with E-state index in [0.717, 1.165) is 12.0 Å². The van der Waals surface area contributed by atoms with Crippen molar-refractivity contribution in [3.8, 4) is 0 Å². The summed E-state index contributed by atoms with van der Waals surface area (Å²) >= 11 is 0. The second-order valence-corrected chi connectivity index (χ2v) is 9.04. The van der Waals surface area contributed by atoms with E-state index >= 15 is 0 Å². The SMILES string of the molecule is Cc1cccc(NC(=O)c2cccc(N3C(=O)[C@H]4[C@@H]5C=C[C@@H]([C@H]6C[C@H]56)[C@@H]4C3=O)c2)c1. The molecule has 5 heteroatoms. The minimum atomic E-state index is -0.262. The molecular formula is C25H22N2O3. The fourth-order valence-corrected chi connectivity index (χ4v) is 5.92. The quantitative estimate of drug-likeness (QED) is 0.632. The maximum Gasteiger partial charge on any atom is 0.255 e. The maximum atomic E-state index is 13.3. The number of nitrogens with one attached hydrogen (secondary N) is 1. The van der Waals surface area contributed by atoms with E-state index in [1.54, 1.807) is 24.3 Å². The number of benzene rings is 2. The first-order chi connectivity index (χ1) is 14.5. The van der Waals surface area contributed by atoms with Gasteiger partial charge in [0.15, 0.2) is 0 Å². The lowest BCUT2D eigenvalue weighted by atomic mass is 9.63. The van der Waals surface area contributed by atoms with Crippen LogP contribution in [0.1, 0.15) is 22.3 Å². The van der Waals surface area contributed by atoms with Gasteiger partial charge in [-0.2, -0.15) is 0 Å². The Morgan fingerprint density at radius 3 is 2.27 bits per heavy atom. The van der Waals surface area contributed by atoms with Gasteiger partial charge in [0.2, 0.25) is 11.8 Å². The largest absolute Gasteiger partial charge is 0.322 e. The smallest absolute Gasteiger partial charge is 0.255 e. The van der Waals surface area contributed by atoms with E-state index in [-0.39, 0.29) is 41.4 Å². The molecule has 7 rings (SSSR count). The molecule has 0 aromatic heterocycles. The van der Waals surface area contributed by atoms with Gasteiger partial charge >= 0.3 is 0 Å². The van der Waals surface area contributed by atoms with Crippen molar-refractivity contribution in [1.82, 2.24) is 0 Å². The van der Waals surface area contributed by atoms with Crippen molar-refractivity contribution >= 4 is 29.1 Å². The van der Waals surface area contributed by atoms with E-state index in [2.05, 4.69) is 17.5 Å². The minimum absolute atomic E-state index is 0.106. The lowest BCUT2D eigenvalue weighted by molar-refractivity contribution is -0.124. The highest BCUT2D eigenvalue weighted by molar-refractivity contribution is 6.23. The van der Waals surface area contributed by atoms with Gasteiger partial charge in [-0.15, -0.1) is 0 Å². The summed E-state index contributed by atoms with van der Waals surface area (Å²) in [5, 5.41) is 2.89. The Kier molecular flexibility index (Phi) is 3.61. The fourth-order valence-electron chi connectivity index (χ4n) is 5.92. The third kappa shape index (κ3) is 2.44. The van der Waals surface area contributed by atoms with Crippen LogP contribution in [-0.2, 0) is 9.59 Å². The van der Waals surface area contributed by atoms with Gasteiger partial charge < -0.3 is 5.32 Å². The fraction of sp³-hybridized carbons (Fsp3) is 0.320. The lowest BCUT2D eigenvalue weighted by Crippen LogP contribution is -2.40. The molecular weight excluding hydrogens is 376 g/mol. The maximum absolute atomic E-state index is 13.3. The van der Waals surface area contributed by atoms with Crippen LogP contribution in [-0.4, -0.2) is 17.7 Å². The zero-order chi connectivity index (χ0) is 20.6. The normalized spacial score (nSPS) is 32.8. The number of allylic oxidation sites excluding steroid dienone is 2. The molecule has 1 aliphatic heterocycles. The van der Waals surface area contributed by atoms with Crippen molar-refractivity contribution in [3.63, 3.8) is 0 Å². The van der Waals surface area contributed by atoms with E-state index in [4.69, 9.17) is 0 Å². The summed E-state index contributed by atoms with van der Waals surface area (Å²) in [6, 6.07) is 14.4. The van der Waals surface area contributed by atoms with Crippen molar-refractivity contribution in [2.24, 2.45) is 35.5 Å². The highest BCUT2D eigenvalue weighted by Crippen LogP contribution is 2.65. The summed E-state index contributed by atoms with van der Waals surface area (Å²) in [6.45, 7) is 1.96. The molecule has 4 aliphatic carbocycles. The Bertz CT molecular complexity index is 1100. The van der Waals surface area contributed by atoms with E-state index in [1.807, 2.05) is 31.2 Å². The van der Waals surface area contributed by atoms with Crippen LogP contribution in [0, 0.1) is 42.4 Å². The molecule has 3 amide bonds. The molecule has 2 bridgehead atoms. The van der Waals surface area contributed by atoms with Crippen LogP contribution in [0.4, 0.5) is 11.4 Å². The summed E-state index contributed by atoms with van der Waals surface area (Å²) in [5.41, 5.74) is 2.68. The van der Waals surface area contributed by atoms with Crippen molar-refractivity contribution in [1.29, 1.82) is 0 Å². The van der Waals surface area contributed by atoms with Crippen molar-refractivity contribution in [3.05, 3.63) is 71.8 Å². The Hall–Kier alpha value is -3.21. The molecule has 5 nitrogen and oxygen atoms in total. The van der Waals surface area contributed by atoms with Gasteiger partial charge in [0, 0.05) is 11.3 Å². The number of carbonyl (C=O) groups excluding carboxylic acids is 3. The number of carbonyl (C=O) groups is 3. The first kappa shape index (κ1) is 17.6. The van der Waals surface area contributed by atoms with Crippen LogP contribution < -0.4 is 10.2 Å². The molecule has 150 valence electrons. The molecule has 0 unspecified atom stereocenters. The molecule has 2 aromatic carbocycles. The van der Waals surface area contributed by atoms with Gasteiger partial charge in [0.1, 0.15) is 0 Å². The monoisotopic (exact) mass is 398 g/mol. The Morgan fingerprint density at radius 2 is 1.60 bits per heavy atom. The van der Waals surface area contributed by atoms with Crippen molar-refractivity contribution < 1.29 is 14.4 Å². The zero-order valence-corrected chi connectivity index (χ0v) is 16.6. The molecule has 0 spiro atoms. The second kappa shape index (κ2) is 6.14. The first-order valence-corrected chi connectivity index (χ1v) is 10.6. The first-order valence-electron chi connectivity index (χ1n) is 10.6. The van der Waals surface area contributed by atoms with Gasteiger partial charge in [-0.3, -0.25) is 14.4 Å². The number of anilines is 2. The van der Waals surface area contributed by atoms with Gasteiger partial charge in [-0.1, -0.05) is 30.4 Å². The molecule has 2 aromatic rings. The molecule has 1 N–H and O–H groups in total. The number of aryl methyl sites for hydroxylation is 1. The van der Waals surface area contributed by atoms with Crippen LogP contribution in [0.25, 0.3) is 0 Å². The molecule has 3 fully saturated rings. The second-order valence-electron chi connectivity index (χ2n) is 9.04. The van der Waals surface area contributed by atoms with Crippen LogP contribution in [0.3, 0.4) is 0 Å². The number of hydrogen-bond acceptors (Lipinski definition) is 3. The van der Waals surface area contributed by atoms with Gasteiger partial charge in [-0.05, 0) is 72.9 Å². The standard InChI is InChI=1S/C25H22N2O3/c1-13-4-2-6-15(10-13)26-23(28)14-5-3-7-16(11-14)27-24(29)21-17-8-9-18(20-12-19(17)20)22(21)25(27)30/h2-11,17-22H,12H2,1H3,(H,26,28)/t17-,18+,19-,20-,21+,22+/m1/s1. The molecule has 1 saturated heterocycles. The van der Waals surface area contributed by atoms with Crippen LogP contribution in [0.15, 0.2) is 60.7 Å². The van der Waals surface area contributed by atoms with Crippen LogP contribution in [0.5, 0.6) is 0 Å². The van der Waals surface area contributed by atoms with Crippen molar-refractivity contribution in [2.45, 2.75) is 13.3 Å². The predicted molar refractivity (Wildman–Crippen MR) is 113 cm³/mol. The molecule has 1 heterocycles. The van der Waals surface area contributed by atoms with E-state index in [0.29, 0.717) is 28.8 Å². The molecule has 5 aliphatic rings.